The molecule has 0 bridgehead atoms. The topological polar surface area (TPSA) is 115 Å². The van der Waals surface area contributed by atoms with Crippen molar-refractivity contribution in [3.05, 3.63) is 65.7 Å². The van der Waals surface area contributed by atoms with Crippen LogP contribution in [-0.4, -0.2) is 24.5 Å². The number of aromatic nitrogens is 2. The number of benzene rings is 1. The van der Waals surface area contributed by atoms with Gasteiger partial charge in [-0.05, 0) is 31.2 Å². The molecule has 3 rings (SSSR count). The number of amides is 1. The van der Waals surface area contributed by atoms with Crippen LogP contribution in [0.3, 0.4) is 0 Å². The highest BCUT2D eigenvalue weighted by Gasteiger charge is 2.19. The highest BCUT2D eigenvalue weighted by Crippen LogP contribution is 2.14. The van der Waals surface area contributed by atoms with Crippen LogP contribution in [0.1, 0.15) is 29.7 Å². The van der Waals surface area contributed by atoms with Gasteiger partial charge in [0.2, 0.25) is 11.8 Å². The summed E-state index contributed by atoms with van der Waals surface area (Å²) < 4.78 is 35.0. The number of nitrogens with zero attached hydrogens (tertiary/aromatic N) is 2. The smallest absolute Gasteiger partial charge is 0.227 e. The molecule has 9 heteroatoms. The van der Waals surface area contributed by atoms with Gasteiger partial charge in [-0.25, -0.2) is 8.42 Å². The van der Waals surface area contributed by atoms with Crippen LogP contribution >= 0.6 is 0 Å². The Kier molecular flexibility index (Phi) is 5.70. The van der Waals surface area contributed by atoms with E-state index in [9.17, 15) is 13.2 Å². The van der Waals surface area contributed by atoms with Crippen molar-refractivity contribution >= 4 is 15.7 Å². The molecule has 3 aromatic rings. The lowest BCUT2D eigenvalue weighted by Crippen LogP contribution is -2.22. The SMILES string of the molecule is Cc1ccc(CNC(=O)CCc2nc(CS(=O)(=O)c3ccccc3)no2)o1. The molecule has 0 atom stereocenters. The second-order valence-electron chi connectivity index (χ2n) is 5.97. The quantitative estimate of drug-likeness (QED) is 0.628. The standard InChI is InChI=1S/C18H19N3O5S/c1-13-7-8-14(25-13)11-19-17(22)9-10-18-20-16(21-26-18)12-27(23,24)15-5-3-2-4-6-15/h2-8H,9-12H2,1H3,(H,19,22). The summed E-state index contributed by atoms with van der Waals surface area (Å²) in [5.41, 5.74) is 0. The lowest BCUT2D eigenvalue weighted by Gasteiger charge is -2.01. The van der Waals surface area contributed by atoms with Crippen molar-refractivity contribution in [1.29, 1.82) is 0 Å². The molecule has 0 unspecified atom stereocenters. The summed E-state index contributed by atoms with van der Waals surface area (Å²) in [5, 5.41) is 6.42. The normalized spacial score (nSPS) is 11.4. The number of hydrogen-bond donors (Lipinski definition) is 1. The zero-order valence-electron chi connectivity index (χ0n) is 14.7. The van der Waals surface area contributed by atoms with Crippen LogP contribution in [0.25, 0.3) is 0 Å². The Hall–Kier alpha value is -2.94. The van der Waals surface area contributed by atoms with Gasteiger partial charge in [0.25, 0.3) is 0 Å². The Morgan fingerprint density at radius 1 is 1.15 bits per heavy atom. The number of rotatable bonds is 8. The monoisotopic (exact) mass is 389 g/mol. The fourth-order valence-electron chi connectivity index (χ4n) is 2.41. The number of nitrogens with one attached hydrogen (secondary N) is 1. The van der Waals surface area contributed by atoms with Gasteiger partial charge < -0.3 is 14.3 Å². The third-order valence-electron chi connectivity index (χ3n) is 3.75. The highest BCUT2D eigenvalue weighted by atomic mass is 32.2. The van der Waals surface area contributed by atoms with Gasteiger partial charge in [-0.1, -0.05) is 23.4 Å². The molecular formula is C18H19N3O5S. The van der Waals surface area contributed by atoms with Crippen molar-refractivity contribution in [2.24, 2.45) is 0 Å². The molecule has 1 N–H and O–H groups in total. The maximum Gasteiger partial charge on any atom is 0.227 e. The van der Waals surface area contributed by atoms with E-state index in [1.54, 1.807) is 24.3 Å². The van der Waals surface area contributed by atoms with E-state index in [4.69, 9.17) is 8.94 Å². The summed E-state index contributed by atoms with van der Waals surface area (Å²) >= 11 is 0. The minimum Gasteiger partial charge on any atom is -0.465 e. The molecule has 2 aromatic heterocycles. The van der Waals surface area contributed by atoms with Crippen LogP contribution in [0, 0.1) is 6.92 Å². The molecule has 8 nitrogen and oxygen atoms in total. The predicted octanol–water partition coefficient (Wildman–Crippen LogP) is 2.19. The van der Waals surface area contributed by atoms with Crippen LogP contribution in [0.2, 0.25) is 0 Å². The number of furan rings is 1. The Balaban J connectivity index is 1.50. The van der Waals surface area contributed by atoms with E-state index in [1.165, 1.54) is 12.1 Å². The van der Waals surface area contributed by atoms with Crippen molar-refractivity contribution < 1.29 is 22.2 Å². The van der Waals surface area contributed by atoms with Crippen molar-refractivity contribution in [1.82, 2.24) is 15.5 Å². The van der Waals surface area contributed by atoms with Crippen molar-refractivity contribution in [3.63, 3.8) is 0 Å². The van der Waals surface area contributed by atoms with Crippen LogP contribution in [0.15, 0.2) is 56.3 Å². The largest absolute Gasteiger partial charge is 0.465 e. The summed E-state index contributed by atoms with van der Waals surface area (Å²) in [6.07, 6.45) is 0.369. The Morgan fingerprint density at radius 3 is 2.63 bits per heavy atom. The van der Waals surface area contributed by atoms with E-state index < -0.39 is 9.84 Å². The number of hydrogen-bond acceptors (Lipinski definition) is 7. The van der Waals surface area contributed by atoms with Crippen LogP contribution in [-0.2, 0) is 33.4 Å². The summed E-state index contributed by atoms with van der Waals surface area (Å²) in [4.78, 5) is 16.1. The third kappa shape index (κ3) is 5.27. The molecule has 2 heterocycles. The molecule has 0 aliphatic rings. The molecule has 1 aromatic carbocycles. The lowest BCUT2D eigenvalue weighted by atomic mass is 10.3. The first-order valence-corrected chi connectivity index (χ1v) is 9.99. The minimum atomic E-state index is -3.54. The zero-order chi connectivity index (χ0) is 19.3. The van der Waals surface area contributed by atoms with Gasteiger partial charge in [0.15, 0.2) is 15.7 Å². The van der Waals surface area contributed by atoms with Gasteiger partial charge in [0.05, 0.1) is 11.4 Å². The zero-order valence-corrected chi connectivity index (χ0v) is 15.5. The third-order valence-corrected chi connectivity index (χ3v) is 5.38. The van der Waals surface area contributed by atoms with E-state index in [-0.39, 0.29) is 41.1 Å². The van der Waals surface area contributed by atoms with E-state index in [2.05, 4.69) is 15.5 Å². The van der Waals surface area contributed by atoms with Gasteiger partial charge in [-0.15, -0.1) is 0 Å². The Bertz CT molecular complexity index is 1010. The van der Waals surface area contributed by atoms with E-state index in [0.717, 1.165) is 5.76 Å². The van der Waals surface area contributed by atoms with Crippen molar-refractivity contribution in [2.75, 3.05) is 0 Å². The molecule has 1 amide bonds. The minimum absolute atomic E-state index is 0.0697. The predicted molar refractivity (Wildman–Crippen MR) is 95.2 cm³/mol. The molecular weight excluding hydrogens is 370 g/mol. The number of carbonyl (C=O) groups excluding carboxylic acids is 1. The molecule has 0 radical (unpaired) electrons. The van der Waals surface area contributed by atoms with E-state index >= 15 is 0 Å². The Labute approximate surface area is 156 Å². The average Bonchev–Trinajstić information content (AvgIpc) is 3.27. The molecule has 0 aliphatic carbocycles. The summed E-state index contributed by atoms with van der Waals surface area (Å²) in [6.45, 7) is 2.13. The molecule has 142 valence electrons. The first-order valence-electron chi connectivity index (χ1n) is 8.34. The number of aryl methyl sites for hydroxylation is 2. The molecule has 0 fully saturated rings. The fraction of sp³-hybridized carbons (Fsp3) is 0.278. The van der Waals surface area contributed by atoms with Crippen molar-refractivity contribution in [2.45, 2.75) is 37.0 Å². The van der Waals surface area contributed by atoms with Crippen LogP contribution in [0.4, 0.5) is 0 Å². The maximum absolute atomic E-state index is 12.3. The molecule has 27 heavy (non-hydrogen) atoms. The molecule has 0 spiro atoms. The van der Waals surface area contributed by atoms with E-state index in [0.29, 0.717) is 12.3 Å². The van der Waals surface area contributed by atoms with Crippen LogP contribution < -0.4 is 5.32 Å². The first kappa shape index (κ1) is 18.8. The summed E-state index contributed by atoms with van der Waals surface area (Å²) in [5.74, 6) is 1.19. The van der Waals surface area contributed by atoms with E-state index in [1.807, 2.05) is 13.0 Å². The molecule has 0 aliphatic heterocycles. The van der Waals surface area contributed by atoms with Gasteiger partial charge in [0, 0.05) is 12.8 Å². The Morgan fingerprint density at radius 2 is 1.93 bits per heavy atom. The lowest BCUT2D eigenvalue weighted by molar-refractivity contribution is -0.121. The summed E-state index contributed by atoms with van der Waals surface area (Å²) in [6, 6.07) is 11.7. The van der Waals surface area contributed by atoms with Gasteiger partial charge in [-0.2, -0.15) is 4.98 Å². The van der Waals surface area contributed by atoms with Gasteiger partial charge in [0.1, 0.15) is 17.3 Å². The fourth-order valence-corrected chi connectivity index (χ4v) is 3.60. The number of carbonyl (C=O) groups is 1. The van der Waals surface area contributed by atoms with Crippen LogP contribution in [0.5, 0.6) is 0 Å². The second-order valence-corrected chi connectivity index (χ2v) is 7.96. The maximum atomic E-state index is 12.3. The second kappa shape index (κ2) is 8.17. The van der Waals surface area contributed by atoms with Gasteiger partial charge >= 0.3 is 0 Å². The summed E-state index contributed by atoms with van der Waals surface area (Å²) in [7, 11) is -3.54. The molecule has 0 saturated heterocycles. The number of sulfone groups is 1. The molecule has 0 saturated carbocycles. The van der Waals surface area contributed by atoms with Crippen molar-refractivity contribution in [3.8, 4) is 0 Å². The average molecular weight is 389 g/mol. The first-order chi connectivity index (χ1) is 12.9. The highest BCUT2D eigenvalue weighted by molar-refractivity contribution is 7.90. The van der Waals surface area contributed by atoms with Gasteiger partial charge in [-0.3, -0.25) is 4.79 Å².